The topological polar surface area (TPSA) is 89.1 Å². The minimum Gasteiger partial charge on any atom is -0.486 e. The normalized spacial score (nSPS) is 13.1. The summed E-state index contributed by atoms with van der Waals surface area (Å²) < 4.78 is 10.8. The van der Waals surface area contributed by atoms with E-state index in [-0.39, 0.29) is 12.5 Å². The molecule has 2 heterocycles. The van der Waals surface area contributed by atoms with E-state index in [0.717, 1.165) is 0 Å². The molecule has 1 aliphatic heterocycles. The lowest BCUT2D eigenvalue weighted by atomic mass is 10.2. The first-order valence-corrected chi connectivity index (χ1v) is 6.33. The van der Waals surface area contributed by atoms with Gasteiger partial charge in [0.2, 0.25) is 0 Å². The van der Waals surface area contributed by atoms with E-state index >= 15 is 0 Å². The summed E-state index contributed by atoms with van der Waals surface area (Å²) in [5.74, 6) is 1.25. The standard InChI is InChI=1S/C12H11ClN4O3/c13-8-3-7(4-9-11(8)20-2-1-19-9)12(18)14-5-10-15-6-16-17-10/h3-4,6H,1-2,5H2,(H,14,18)(H,15,16,17). The highest BCUT2D eigenvalue weighted by molar-refractivity contribution is 6.32. The van der Waals surface area contributed by atoms with Gasteiger partial charge in [0, 0.05) is 5.56 Å². The van der Waals surface area contributed by atoms with Crippen LogP contribution in [0.1, 0.15) is 16.2 Å². The van der Waals surface area contributed by atoms with Gasteiger partial charge in [-0.05, 0) is 12.1 Å². The van der Waals surface area contributed by atoms with Gasteiger partial charge < -0.3 is 14.8 Å². The number of hydrogen-bond acceptors (Lipinski definition) is 5. The molecule has 3 rings (SSSR count). The molecule has 1 aromatic carbocycles. The van der Waals surface area contributed by atoms with Gasteiger partial charge in [0.15, 0.2) is 11.5 Å². The van der Waals surface area contributed by atoms with E-state index in [2.05, 4.69) is 20.5 Å². The lowest BCUT2D eigenvalue weighted by Gasteiger charge is -2.20. The fraction of sp³-hybridized carbons (Fsp3) is 0.250. The first-order valence-electron chi connectivity index (χ1n) is 5.95. The van der Waals surface area contributed by atoms with Gasteiger partial charge >= 0.3 is 0 Å². The second-order valence-corrected chi connectivity index (χ2v) is 4.50. The average Bonchev–Trinajstić information content (AvgIpc) is 2.98. The van der Waals surface area contributed by atoms with E-state index in [9.17, 15) is 4.79 Å². The number of H-pyrrole nitrogens is 1. The maximum atomic E-state index is 12.0. The SMILES string of the molecule is O=C(NCc1ncn[nH]1)c1cc(Cl)c2c(c1)OCCO2. The molecule has 8 heteroatoms. The minimum atomic E-state index is -0.278. The van der Waals surface area contributed by atoms with Crippen LogP contribution < -0.4 is 14.8 Å². The van der Waals surface area contributed by atoms with Crippen LogP contribution in [-0.2, 0) is 6.54 Å². The molecule has 1 amide bonds. The van der Waals surface area contributed by atoms with E-state index in [0.29, 0.717) is 41.1 Å². The summed E-state index contributed by atoms with van der Waals surface area (Å²) in [7, 11) is 0. The molecular formula is C12H11ClN4O3. The predicted octanol–water partition coefficient (Wildman–Crippen LogP) is 1.16. The molecule has 0 saturated heterocycles. The van der Waals surface area contributed by atoms with Gasteiger partial charge in [-0.3, -0.25) is 9.89 Å². The van der Waals surface area contributed by atoms with E-state index in [1.165, 1.54) is 6.33 Å². The Balaban J connectivity index is 1.76. The number of nitrogens with one attached hydrogen (secondary N) is 2. The van der Waals surface area contributed by atoms with Gasteiger partial charge in [0.05, 0.1) is 11.6 Å². The summed E-state index contributed by atoms with van der Waals surface area (Å²) in [4.78, 5) is 16.0. The maximum absolute atomic E-state index is 12.0. The Hall–Kier alpha value is -2.28. The number of fused-ring (bicyclic) bond motifs is 1. The molecule has 1 aromatic heterocycles. The number of rotatable bonds is 3. The molecule has 0 atom stereocenters. The number of amides is 1. The van der Waals surface area contributed by atoms with Crippen molar-refractivity contribution in [3.05, 3.63) is 34.9 Å². The Labute approximate surface area is 119 Å². The zero-order valence-corrected chi connectivity index (χ0v) is 11.1. The Morgan fingerprint density at radius 1 is 1.40 bits per heavy atom. The fourth-order valence-corrected chi connectivity index (χ4v) is 2.09. The van der Waals surface area contributed by atoms with Gasteiger partial charge in [-0.2, -0.15) is 5.10 Å². The van der Waals surface area contributed by atoms with Crippen molar-refractivity contribution in [2.24, 2.45) is 0 Å². The number of carbonyl (C=O) groups is 1. The number of nitrogens with zero attached hydrogens (tertiary/aromatic N) is 2. The molecule has 104 valence electrons. The summed E-state index contributed by atoms with van der Waals surface area (Å²) in [6, 6.07) is 3.15. The van der Waals surface area contributed by atoms with Crippen molar-refractivity contribution in [3.8, 4) is 11.5 Å². The van der Waals surface area contributed by atoms with Gasteiger partial charge in [0.25, 0.3) is 5.91 Å². The Kier molecular flexibility index (Phi) is 3.42. The second kappa shape index (κ2) is 5.38. The smallest absolute Gasteiger partial charge is 0.251 e. The molecule has 2 N–H and O–H groups in total. The van der Waals surface area contributed by atoms with Gasteiger partial charge in [-0.15, -0.1) is 0 Å². The van der Waals surface area contributed by atoms with E-state index in [1.807, 2.05) is 0 Å². The van der Waals surface area contributed by atoms with Crippen molar-refractivity contribution in [1.82, 2.24) is 20.5 Å². The lowest BCUT2D eigenvalue weighted by Crippen LogP contribution is -2.24. The zero-order chi connectivity index (χ0) is 13.9. The maximum Gasteiger partial charge on any atom is 0.251 e. The highest BCUT2D eigenvalue weighted by Gasteiger charge is 2.19. The van der Waals surface area contributed by atoms with Crippen LogP contribution in [-0.4, -0.2) is 34.3 Å². The monoisotopic (exact) mass is 294 g/mol. The molecule has 0 saturated carbocycles. The third-order valence-corrected chi connectivity index (χ3v) is 3.02. The first-order chi connectivity index (χ1) is 9.74. The van der Waals surface area contributed by atoms with Crippen LogP contribution in [0.2, 0.25) is 5.02 Å². The van der Waals surface area contributed by atoms with Crippen molar-refractivity contribution in [2.45, 2.75) is 6.54 Å². The van der Waals surface area contributed by atoms with Crippen molar-refractivity contribution >= 4 is 17.5 Å². The minimum absolute atomic E-state index is 0.255. The quantitative estimate of drug-likeness (QED) is 0.886. The number of aromatic nitrogens is 3. The summed E-state index contributed by atoms with van der Waals surface area (Å²) in [6.07, 6.45) is 1.38. The number of hydrogen-bond donors (Lipinski definition) is 2. The van der Waals surface area contributed by atoms with Crippen LogP contribution in [0.4, 0.5) is 0 Å². The molecule has 20 heavy (non-hydrogen) atoms. The second-order valence-electron chi connectivity index (χ2n) is 4.10. The number of ether oxygens (including phenoxy) is 2. The van der Waals surface area contributed by atoms with Crippen LogP contribution in [0.25, 0.3) is 0 Å². The summed E-state index contributed by atoms with van der Waals surface area (Å²) in [5.41, 5.74) is 0.402. The van der Waals surface area contributed by atoms with E-state index < -0.39 is 0 Å². The summed E-state index contributed by atoms with van der Waals surface area (Å²) in [6.45, 7) is 1.14. The van der Waals surface area contributed by atoms with E-state index in [1.54, 1.807) is 12.1 Å². The number of carbonyl (C=O) groups excluding carboxylic acids is 1. The Bertz CT molecular complexity index is 630. The third-order valence-electron chi connectivity index (χ3n) is 2.74. The zero-order valence-electron chi connectivity index (χ0n) is 10.4. The number of halogens is 1. The Morgan fingerprint density at radius 3 is 3.05 bits per heavy atom. The third kappa shape index (κ3) is 2.53. The van der Waals surface area contributed by atoms with Gasteiger partial charge in [-0.25, -0.2) is 4.98 Å². The number of aromatic amines is 1. The largest absolute Gasteiger partial charge is 0.486 e. The molecule has 0 unspecified atom stereocenters. The molecule has 0 fully saturated rings. The van der Waals surface area contributed by atoms with Crippen LogP contribution in [0.5, 0.6) is 11.5 Å². The number of benzene rings is 1. The van der Waals surface area contributed by atoms with Crippen LogP contribution in [0.15, 0.2) is 18.5 Å². The van der Waals surface area contributed by atoms with Gasteiger partial charge in [-0.1, -0.05) is 11.6 Å². The van der Waals surface area contributed by atoms with Crippen LogP contribution >= 0.6 is 11.6 Å². The molecular weight excluding hydrogens is 284 g/mol. The van der Waals surface area contributed by atoms with Crippen LogP contribution in [0.3, 0.4) is 0 Å². The highest BCUT2D eigenvalue weighted by Crippen LogP contribution is 2.38. The molecule has 0 radical (unpaired) electrons. The van der Waals surface area contributed by atoms with Crippen molar-refractivity contribution in [3.63, 3.8) is 0 Å². The molecule has 0 spiro atoms. The van der Waals surface area contributed by atoms with E-state index in [4.69, 9.17) is 21.1 Å². The van der Waals surface area contributed by atoms with Crippen molar-refractivity contribution < 1.29 is 14.3 Å². The molecule has 0 aliphatic carbocycles. The average molecular weight is 295 g/mol. The molecule has 0 bridgehead atoms. The molecule has 7 nitrogen and oxygen atoms in total. The fourth-order valence-electron chi connectivity index (χ4n) is 1.82. The lowest BCUT2D eigenvalue weighted by molar-refractivity contribution is 0.0948. The van der Waals surface area contributed by atoms with Gasteiger partial charge in [0.1, 0.15) is 25.4 Å². The Morgan fingerprint density at radius 2 is 2.25 bits per heavy atom. The summed E-state index contributed by atoms with van der Waals surface area (Å²) >= 11 is 6.08. The van der Waals surface area contributed by atoms with Crippen LogP contribution in [0, 0.1) is 0 Å². The summed E-state index contributed by atoms with van der Waals surface area (Å²) in [5, 5.41) is 9.42. The molecule has 2 aromatic rings. The first kappa shape index (κ1) is 12.7. The highest BCUT2D eigenvalue weighted by atomic mass is 35.5. The van der Waals surface area contributed by atoms with Crippen molar-refractivity contribution in [1.29, 1.82) is 0 Å². The molecule has 1 aliphatic rings. The van der Waals surface area contributed by atoms with Crippen molar-refractivity contribution in [2.75, 3.05) is 13.2 Å². The predicted molar refractivity (Wildman–Crippen MR) is 70.0 cm³/mol.